The van der Waals surface area contributed by atoms with Gasteiger partial charge in [0.2, 0.25) is 0 Å². The summed E-state index contributed by atoms with van der Waals surface area (Å²) in [6, 6.07) is 6.13. The number of hydrogen-bond acceptors (Lipinski definition) is 1. The summed E-state index contributed by atoms with van der Waals surface area (Å²) in [7, 11) is 1.68. The molecule has 1 rings (SSSR count). The maximum absolute atomic E-state index is 5.23. The summed E-state index contributed by atoms with van der Waals surface area (Å²) in [5, 5.41) is 0. The number of methoxy groups -OCH3 is 1. The van der Waals surface area contributed by atoms with E-state index in [0.717, 1.165) is 11.3 Å². The molecule has 0 N–H and O–H groups in total. The smallest absolute Gasteiger partial charge is 0.124 e. The predicted octanol–water partition coefficient (Wildman–Crippen LogP) is 3.79. The van der Waals surface area contributed by atoms with Gasteiger partial charge < -0.3 is 4.74 Å². The fourth-order valence-corrected chi connectivity index (χ4v) is 1.76. The third-order valence-electron chi connectivity index (χ3n) is 1.62. The Kier molecular flexibility index (Phi) is 3.59. The number of rotatable bonds is 2. The first-order chi connectivity index (χ1) is 5.65. The SMILES string of the molecule is COc1cc(C)ccc1C(Br)Br. The molecular formula is C9H10Br2O. The van der Waals surface area contributed by atoms with Crippen molar-refractivity contribution in [2.45, 2.75) is 10.7 Å². The molecule has 0 saturated heterocycles. The van der Waals surface area contributed by atoms with E-state index < -0.39 is 0 Å². The zero-order valence-electron chi connectivity index (χ0n) is 6.97. The highest BCUT2D eigenvalue weighted by Gasteiger charge is 2.08. The molecule has 0 spiro atoms. The van der Waals surface area contributed by atoms with Crippen molar-refractivity contribution in [2.75, 3.05) is 7.11 Å². The van der Waals surface area contributed by atoms with Crippen LogP contribution in [0.5, 0.6) is 5.75 Å². The third kappa shape index (κ3) is 2.23. The molecule has 0 bridgehead atoms. The van der Waals surface area contributed by atoms with Gasteiger partial charge in [0.25, 0.3) is 0 Å². The van der Waals surface area contributed by atoms with E-state index in [4.69, 9.17) is 4.74 Å². The van der Waals surface area contributed by atoms with Crippen LogP contribution >= 0.6 is 31.9 Å². The minimum absolute atomic E-state index is 0.153. The lowest BCUT2D eigenvalue weighted by Gasteiger charge is -2.09. The van der Waals surface area contributed by atoms with Gasteiger partial charge in [-0.25, -0.2) is 0 Å². The average molecular weight is 294 g/mol. The van der Waals surface area contributed by atoms with E-state index in [2.05, 4.69) is 37.9 Å². The van der Waals surface area contributed by atoms with Crippen molar-refractivity contribution in [2.24, 2.45) is 0 Å². The van der Waals surface area contributed by atoms with Crippen molar-refractivity contribution < 1.29 is 4.74 Å². The van der Waals surface area contributed by atoms with E-state index >= 15 is 0 Å². The van der Waals surface area contributed by atoms with Gasteiger partial charge in [-0.05, 0) is 18.6 Å². The summed E-state index contributed by atoms with van der Waals surface area (Å²) in [4.78, 5) is 0. The number of benzene rings is 1. The van der Waals surface area contributed by atoms with Crippen molar-refractivity contribution in [3.63, 3.8) is 0 Å². The van der Waals surface area contributed by atoms with E-state index in [1.165, 1.54) is 5.56 Å². The first-order valence-electron chi connectivity index (χ1n) is 3.58. The van der Waals surface area contributed by atoms with Crippen LogP contribution in [0.3, 0.4) is 0 Å². The van der Waals surface area contributed by atoms with Gasteiger partial charge in [-0.2, -0.15) is 0 Å². The molecule has 0 aliphatic rings. The Labute approximate surface area is 89.4 Å². The van der Waals surface area contributed by atoms with Gasteiger partial charge in [0, 0.05) is 5.56 Å². The summed E-state index contributed by atoms with van der Waals surface area (Å²) < 4.78 is 5.38. The largest absolute Gasteiger partial charge is 0.496 e. The van der Waals surface area contributed by atoms with Crippen LogP contribution in [0.4, 0.5) is 0 Å². The lowest BCUT2D eigenvalue weighted by atomic mass is 10.1. The fourth-order valence-electron chi connectivity index (χ4n) is 0.999. The number of hydrogen-bond donors (Lipinski definition) is 0. The summed E-state index contributed by atoms with van der Waals surface area (Å²) in [6.45, 7) is 2.05. The molecule has 0 amide bonds. The number of ether oxygens (including phenoxy) is 1. The van der Waals surface area contributed by atoms with Crippen LogP contribution < -0.4 is 4.74 Å². The Balaban J connectivity index is 3.11. The molecule has 12 heavy (non-hydrogen) atoms. The minimum atomic E-state index is 0.153. The van der Waals surface area contributed by atoms with Crippen LogP contribution in [0, 0.1) is 6.92 Å². The highest BCUT2D eigenvalue weighted by molar-refractivity contribution is 9.24. The number of halogens is 2. The van der Waals surface area contributed by atoms with Crippen LogP contribution in [0.15, 0.2) is 18.2 Å². The van der Waals surface area contributed by atoms with Gasteiger partial charge in [0.15, 0.2) is 0 Å². The topological polar surface area (TPSA) is 9.23 Å². The zero-order valence-corrected chi connectivity index (χ0v) is 10.1. The van der Waals surface area contributed by atoms with Gasteiger partial charge in [0.05, 0.1) is 10.8 Å². The average Bonchev–Trinajstić information content (AvgIpc) is 2.03. The summed E-state index contributed by atoms with van der Waals surface area (Å²) >= 11 is 6.87. The maximum Gasteiger partial charge on any atom is 0.124 e. The van der Waals surface area contributed by atoms with E-state index in [1.807, 2.05) is 19.1 Å². The lowest BCUT2D eigenvalue weighted by Crippen LogP contribution is -1.90. The fraction of sp³-hybridized carbons (Fsp3) is 0.333. The highest BCUT2D eigenvalue weighted by atomic mass is 79.9. The second kappa shape index (κ2) is 4.28. The molecule has 0 heterocycles. The Bertz CT molecular complexity index is 271. The first-order valence-corrected chi connectivity index (χ1v) is 5.41. The van der Waals surface area contributed by atoms with Crippen molar-refractivity contribution >= 4 is 31.9 Å². The lowest BCUT2D eigenvalue weighted by molar-refractivity contribution is 0.411. The van der Waals surface area contributed by atoms with Gasteiger partial charge in [0.1, 0.15) is 5.75 Å². The number of alkyl halides is 2. The molecule has 3 heteroatoms. The molecule has 0 radical (unpaired) electrons. The highest BCUT2D eigenvalue weighted by Crippen LogP contribution is 2.35. The summed E-state index contributed by atoms with van der Waals surface area (Å²) in [5.74, 6) is 0.911. The summed E-state index contributed by atoms with van der Waals surface area (Å²) in [6.07, 6.45) is 0. The molecule has 0 atom stereocenters. The number of aryl methyl sites for hydroxylation is 1. The minimum Gasteiger partial charge on any atom is -0.496 e. The van der Waals surface area contributed by atoms with Crippen LogP contribution in [-0.4, -0.2) is 7.11 Å². The Morgan fingerprint density at radius 1 is 1.33 bits per heavy atom. The van der Waals surface area contributed by atoms with E-state index in [9.17, 15) is 0 Å². The molecule has 0 saturated carbocycles. The van der Waals surface area contributed by atoms with E-state index in [-0.39, 0.29) is 3.74 Å². The molecule has 0 aromatic heterocycles. The van der Waals surface area contributed by atoms with Crippen LogP contribution in [0.25, 0.3) is 0 Å². The van der Waals surface area contributed by atoms with Crippen molar-refractivity contribution in [3.05, 3.63) is 29.3 Å². The Hall–Kier alpha value is -0.0200. The molecule has 1 aromatic rings. The standard InChI is InChI=1S/C9H10Br2O/c1-6-3-4-7(9(10)11)8(5-6)12-2/h3-5,9H,1-2H3. The monoisotopic (exact) mass is 292 g/mol. The third-order valence-corrected chi connectivity index (χ3v) is 2.61. The van der Waals surface area contributed by atoms with Gasteiger partial charge >= 0.3 is 0 Å². The normalized spacial score (nSPS) is 10.4. The second-order valence-corrected chi connectivity index (χ2v) is 5.61. The quantitative estimate of drug-likeness (QED) is 0.754. The Morgan fingerprint density at radius 3 is 2.50 bits per heavy atom. The molecule has 1 aromatic carbocycles. The molecule has 0 unspecified atom stereocenters. The van der Waals surface area contributed by atoms with Crippen LogP contribution in [0.1, 0.15) is 14.9 Å². The Morgan fingerprint density at radius 2 is 2.00 bits per heavy atom. The summed E-state index contributed by atoms with van der Waals surface area (Å²) in [5.41, 5.74) is 2.32. The molecular weight excluding hydrogens is 284 g/mol. The van der Waals surface area contributed by atoms with Crippen molar-refractivity contribution in [3.8, 4) is 5.75 Å². The molecule has 0 aliphatic heterocycles. The van der Waals surface area contributed by atoms with Crippen molar-refractivity contribution in [1.29, 1.82) is 0 Å². The van der Waals surface area contributed by atoms with Gasteiger partial charge in [-0.3, -0.25) is 0 Å². The van der Waals surface area contributed by atoms with Gasteiger partial charge in [-0.1, -0.05) is 44.0 Å². The second-order valence-electron chi connectivity index (χ2n) is 2.55. The van der Waals surface area contributed by atoms with Gasteiger partial charge in [-0.15, -0.1) is 0 Å². The molecule has 1 nitrogen and oxygen atoms in total. The van der Waals surface area contributed by atoms with Crippen molar-refractivity contribution in [1.82, 2.24) is 0 Å². The van der Waals surface area contributed by atoms with Crippen LogP contribution in [0.2, 0.25) is 0 Å². The maximum atomic E-state index is 5.23. The molecule has 0 fully saturated rings. The predicted molar refractivity (Wildman–Crippen MR) is 58.3 cm³/mol. The van der Waals surface area contributed by atoms with E-state index in [0.29, 0.717) is 0 Å². The van der Waals surface area contributed by atoms with E-state index in [1.54, 1.807) is 7.11 Å². The molecule has 0 aliphatic carbocycles. The first kappa shape index (κ1) is 10.1. The van der Waals surface area contributed by atoms with Crippen LogP contribution in [-0.2, 0) is 0 Å². The molecule has 66 valence electrons. The zero-order chi connectivity index (χ0) is 9.14.